The maximum atomic E-state index is 13.1. The summed E-state index contributed by atoms with van der Waals surface area (Å²) in [5, 5.41) is 3.57. The van der Waals surface area contributed by atoms with Crippen molar-refractivity contribution in [2.45, 2.75) is 39.7 Å². The van der Waals surface area contributed by atoms with Gasteiger partial charge in [-0.1, -0.05) is 37.3 Å². The van der Waals surface area contributed by atoms with Gasteiger partial charge in [-0.25, -0.2) is 4.39 Å². The van der Waals surface area contributed by atoms with Crippen LogP contribution in [0.2, 0.25) is 0 Å². The molecule has 0 aromatic heterocycles. The molecular weight excluding hydrogens is 261 g/mol. The second-order valence-electron chi connectivity index (χ2n) is 5.68. The predicted octanol–water partition coefficient (Wildman–Crippen LogP) is 4.73. The lowest BCUT2D eigenvalue weighted by atomic mass is 9.96. The third-order valence-corrected chi connectivity index (χ3v) is 3.92. The number of hydrogen-bond donors (Lipinski definition) is 1. The second kappa shape index (κ2) is 7.37. The lowest BCUT2D eigenvalue weighted by molar-refractivity contribution is 0.527. The summed E-state index contributed by atoms with van der Waals surface area (Å²) in [5.74, 6) is -0.181. The molecule has 0 radical (unpaired) electrons. The van der Waals surface area contributed by atoms with Gasteiger partial charge in [0.2, 0.25) is 0 Å². The normalized spacial score (nSPS) is 12.4. The predicted molar refractivity (Wildman–Crippen MR) is 87.1 cm³/mol. The zero-order valence-corrected chi connectivity index (χ0v) is 13.1. The molecule has 2 heteroatoms. The highest BCUT2D eigenvalue weighted by Crippen LogP contribution is 2.20. The molecule has 0 saturated heterocycles. The Morgan fingerprint density at radius 2 is 1.71 bits per heavy atom. The third-order valence-electron chi connectivity index (χ3n) is 3.92. The highest BCUT2D eigenvalue weighted by atomic mass is 19.1. The van der Waals surface area contributed by atoms with Crippen molar-refractivity contribution in [1.29, 1.82) is 0 Å². The molecule has 1 N–H and O–H groups in total. The molecule has 0 heterocycles. The first-order valence-corrected chi connectivity index (χ1v) is 7.65. The fourth-order valence-electron chi connectivity index (χ4n) is 2.49. The minimum Gasteiger partial charge on any atom is -0.310 e. The van der Waals surface area contributed by atoms with Gasteiger partial charge in [0.25, 0.3) is 0 Å². The Kier molecular flexibility index (Phi) is 5.51. The first kappa shape index (κ1) is 15.7. The molecule has 112 valence electrons. The Bertz CT molecular complexity index is 575. The summed E-state index contributed by atoms with van der Waals surface area (Å²) in [4.78, 5) is 0. The smallest absolute Gasteiger partial charge is 0.123 e. The van der Waals surface area contributed by atoms with Gasteiger partial charge in [0.05, 0.1) is 0 Å². The van der Waals surface area contributed by atoms with E-state index >= 15 is 0 Å². The van der Waals surface area contributed by atoms with Crippen molar-refractivity contribution >= 4 is 0 Å². The largest absolute Gasteiger partial charge is 0.310 e. The van der Waals surface area contributed by atoms with E-state index in [4.69, 9.17) is 0 Å². The van der Waals surface area contributed by atoms with Crippen LogP contribution in [0.3, 0.4) is 0 Å². The molecule has 0 aliphatic heterocycles. The Balaban J connectivity index is 2.19. The van der Waals surface area contributed by atoms with Crippen LogP contribution in [-0.4, -0.2) is 6.54 Å². The first-order valence-electron chi connectivity index (χ1n) is 7.65. The summed E-state index contributed by atoms with van der Waals surface area (Å²) >= 11 is 0. The topological polar surface area (TPSA) is 12.0 Å². The molecule has 0 fully saturated rings. The van der Waals surface area contributed by atoms with Crippen LogP contribution >= 0.6 is 0 Å². The third kappa shape index (κ3) is 4.40. The standard InChI is InChI=1S/C19H24FN/c1-4-11-21-19(17-7-9-18(20)10-8-17)13-16-6-5-14(2)15(3)12-16/h5-10,12,19,21H,4,11,13H2,1-3H3. The summed E-state index contributed by atoms with van der Waals surface area (Å²) in [6.45, 7) is 7.40. The van der Waals surface area contributed by atoms with Crippen molar-refractivity contribution in [1.82, 2.24) is 5.32 Å². The molecular formula is C19H24FN. The van der Waals surface area contributed by atoms with E-state index in [1.54, 1.807) is 0 Å². The molecule has 0 aliphatic rings. The van der Waals surface area contributed by atoms with Crippen LogP contribution in [0.1, 0.15) is 41.6 Å². The molecule has 0 aliphatic carbocycles. The highest BCUT2D eigenvalue weighted by Gasteiger charge is 2.12. The van der Waals surface area contributed by atoms with Crippen LogP contribution in [-0.2, 0) is 6.42 Å². The van der Waals surface area contributed by atoms with Gasteiger partial charge in [-0.05, 0) is 67.6 Å². The summed E-state index contributed by atoms with van der Waals surface area (Å²) < 4.78 is 13.1. The van der Waals surface area contributed by atoms with Crippen LogP contribution in [0, 0.1) is 19.7 Å². The van der Waals surface area contributed by atoms with E-state index in [0.29, 0.717) is 0 Å². The molecule has 1 atom stereocenters. The van der Waals surface area contributed by atoms with Crippen molar-refractivity contribution < 1.29 is 4.39 Å². The number of benzene rings is 2. The van der Waals surface area contributed by atoms with E-state index in [2.05, 4.69) is 44.3 Å². The molecule has 21 heavy (non-hydrogen) atoms. The van der Waals surface area contributed by atoms with Gasteiger partial charge < -0.3 is 5.32 Å². The summed E-state index contributed by atoms with van der Waals surface area (Å²) in [5.41, 5.74) is 5.10. The van der Waals surface area contributed by atoms with Crippen LogP contribution < -0.4 is 5.32 Å². The van der Waals surface area contributed by atoms with Gasteiger partial charge in [0, 0.05) is 6.04 Å². The Morgan fingerprint density at radius 1 is 1.00 bits per heavy atom. The monoisotopic (exact) mass is 285 g/mol. The van der Waals surface area contributed by atoms with Crippen molar-refractivity contribution in [3.63, 3.8) is 0 Å². The van der Waals surface area contributed by atoms with Gasteiger partial charge in [0.1, 0.15) is 5.82 Å². The van der Waals surface area contributed by atoms with E-state index in [1.165, 1.54) is 28.8 Å². The van der Waals surface area contributed by atoms with Crippen LogP contribution in [0.25, 0.3) is 0 Å². The molecule has 0 amide bonds. The molecule has 1 nitrogen and oxygen atoms in total. The molecule has 1 unspecified atom stereocenters. The van der Waals surface area contributed by atoms with Crippen molar-refractivity contribution in [2.75, 3.05) is 6.54 Å². The van der Waals surface area contributed by atoms with Crippen molar-refractivity contribution in [3.8, 4) is 0 Å². The van der Waals surface area contributed by atoms with Gasteiger partial charge in [-0.15, -0.1) is 0 Å². The number of aryl methyl sites for hydroxylation is 2. The Labute approximate surface area is 127 Å². The zero-order valence-electron chi connectivity index (χ0n) is 13.1. The van der Waals surface area contributed by atoms with E-state index in [1.807, 2.05) is 12.1 Å². The minimum absolute atomic E-state index is 0.181. The summed E-state index contributed by atoms with van der Waals surface area (Å²) in [7, 11) is 0. The van der Waals surface area contributed by atoms with Crippen LogP contribution in [0.4, 0.5) is 4.39 Å². The van der Waals surface area contributed by atoms with Gasteiger partial charge in [-0.2, -0.15) is 0 Å². The highest BCUT2D eigenvalue weighted by molar-refractivity contribution is 5.31. The lowest BCUT2D eigenvalue weighted by Crippen LogP contribution is -2.24. The maximum absolute atomic E-state index is 13.1. The van der Waals surface area contributed by atoms with Crippen LogP contribution in [0.15, 0.2) is 42.5 Å². The number of halogens is 1. The minimum atomic E-state index is -0.181. The molecule has 0 saturated carbocycles. The van der Waals surface area contributed by atoms with Crippen LogP contribution in [0.5, 0.6) is 0 Å². The molecule has 2 rings (SSSR count). The number of hydrogen-bond acceptors (Lipinski definition) is 1. The van der Waals surface area contributed by atoms with Gasteiger partial charge >= 0.3 is 0 Å². The van der Waals surface area contributed by atoms with E-state index in [0.717, 1.165) is 24.9 Å². The average Bonchev–Trinajstić information content (AvgIpc) is 2.48. The molecule has 0 spiro atoms. The summed E-state index contributed by atoms with van der Waals surface area (Å²) in [6, 6.07) is 13.7. The molecule has 2 aromatic carbocycles. The van der Waals surface area contributed by atoms with Gasteiger partial charge in [-0.3, -0.25) is 0 Å². The molecule has 2 aromatic rings. The maximum Gasteiger partial charge on any atom is 0.123 e. The fourth-order valence-corrected chi connectivity index (χ4v) is 2.49. The van der Waals surface area contributed by atoms with Gasteiger partial charge in [0.15, 0.2) is 0 Å². The van der Waals surface area contributed by atoms with E-state index in [9.17, 15) is 4.39 Å². The van der Waals surface area contributed by atoms with E-state index in [-0.39, 0.29) is 11.9 Å². The fraction of sp³-hybridized carbons (Fsp3) is 0.368. The molecule has 0 bridgehead atoms. The average molecular weight is 285 g/mol. The zero-order chi connectivity index (χ0) is 15.2. The van der Waals surface area contributed by atoms with Crippen molar-refractivity contribution in [2.24, 2.45) is 0 Å². The SMILES string of the molecule is CCCNC(Cc1ccc(C)c(C)c1)c1ccc(F)cc1. The first-order chi connectivity index (χ1) is 10.1. The quantitative estimate of drug-likeness (QED) is 0.809. The van der Waals surface area contributed by atoms with Crippen molar-refractivity contribution in [3.05, 3.63) is 70.5 Å². The Morgan fingerprint density at radius 3 is 2.33 bits per heavy atom. The number of rotatable bonds is 6. The van der Waals surface area contributed by atoms with E-state index < -0.39 is 0 Å². The number of nitrogens with one attached hydrogen (secondary N) is 1. The lowest BCUT2D eigenvalue weighted by Gasteiger charge is -2.20. The Hall–Kier alpha value is -1.67. The summed E-state index contributed by atoms with van der Waals surface area (Å²) in [6.07, 6.45) is 2.01. The second-order valence-corrected chi connectivity index (χ2v) is 5.68.